The largest absolute Gasteiger partial charge is 0.288 e. The van der Waals surface area contributed by atoms with Gasteiger partial charge in [-0.15, -0.1) is 0 Å². The lowest BCUT2D eigenvalue weighted by atomic mass is 10.2. The molecule has 0 saturated carbocycles. The van der Waals surface area contributed by atoms with Gasteiger partial charge in [-0.05, 0) is 42.3 Å². The molecule has 0 spiro atoms. The summed E-state index contributed by atoms with van der Waals surface area (Å²) >= 11 is 11.8. The highest BCUT2D eigenvalue weighted by molar-refractivity contribution is 7.88. The van der Waals surface area contributed by atoms with Crippen LogP contribution in [-0.4, -0.2) is 23.0 Å². The van der Waals surface area contributed by atoms with Gasteiger partial charge in [0, 0.05) is 25.1 Å². The number of halogens is 2. The minimum absolute atomic E-state index is 0.160. The first-order chi connectivity index (χ1) is 12.3. The highest BCUT2D eigenvalue weighted by atomic mass is 35.5. The Labute approximate surface area is 161 Å². The molecule has 0 unspecified atom stereocenters. The molecule has 0 radical (unpaired) electrons. The van der Waals surface area contributed by atoms with Crippen molar-refractivity contribution >= 4 is 33.2 Å². The number of benzene rings is 1. The number of aromatic nitrogens is 3. The third-order valence-corrected chi connectivity index (χ3v) is 5.76. The maximum Gasteiger partial charge on any atom is 0.216 e. The van der Waals surface area contributed by atoms with Gasteiger partial charge in [0.1, 0.15) is 11.6 Å². The van der Waals surface area contributed by atoms with E-state index in [-0.39, 0.29) is 12.3 Å². The van der Waals surface area contributed by atoms with Crippen LogP contribution in [0.15, 0.2) is 48.9 Å². The number of nitrogens with zero attached hydrogens (tertiary/aromatic N) is 3. The zero-order chi connectivity index (χ0) is 18.7. The Hall–Kier alpha value is -1.93. The van der Waals surface area contributed by atoms with E-state index in [0.29, 0.717) is 21.4 Å². The number of sulfonamides is 1. The van der Waals surface area contributed by atoms with Crippen LogP contribution < -0.4 is 4.72 Å². The van der Waals surface area contributed by atoms with Crippen molar-refractivity contribution < 1.29 is 8.42 Å². The second-order valence-electron chi connectivity index (χ2n) is 5.70. The van der Waals surface area contributed by atoms with Gasteiger partial charge in [-0.3, -0.25) is 4.57 Å². The van der Waals surface area contributed by atoms with Crippen LogP contribution in [0.2, 0.25) is 10.0 Å². The summed E-state index contributed by atoms with van der Waals surface area (Å²) in [7, 11) is -3.53. The van der Waals surface area contributed by atoms with E-state index in [2.05, 4.69) is 14.7 Å². The summed E-state index contributed by atoms with van der Waals surface area (Å²) in [5, 5.41) is 0.716. The molecule has 26 heavy (non-hydrogen) atoms. The Morgan fingerprint density at radius 3 is 2.54 bits per heavy atom. The van der Waals surface area contributed by atoms with E-state index in [0.717, 1.165) is 11.4 Å². The number of nitrogens with one attached hydrogen (secondary N) is 1. The number of hydrogen-bond acceptors (Lipinski definition) is 4. The smallest absolute Gasteiger partial charge is 0.216 e. The van der Waals surface area contributed by atoms with Crippen molar-refractivity contribution in [2.24, 2.45) is 0 Å². The minimum atomic E-state index is -3.53. The third kappa shape index (κ3) is 4.62. The molecule has 0 atom stereocenters. The predicted molar refractivity (Wildman–Crippen MR) is 102 cm³/mol. The van der Waals surface area contributed by atoms with Crippen LogP contribution >= 0.6 is 23.2 Å². The number of rotatable bonds is 6. The molecule has 1 N–H and O–H groups in total. The lowest BCUT2D eigenvalue weighted by Crippen LogP contribution is -2.24. The van der Waals surface area contributed by atoms with E-state index in [1.54, 1.807) is 42.9 Å². The van der Waals surface area contributed by atoms with E-state index in [9.17, 15) is 8.42 Å². The van der Waals surface area contributed by atoms with Crippen LogP contribution in [0.5, 0.6) is 0 Å². The molecule has 0 amide bonds. The van der Waals surface area contributed by atoms with Crippen molar-refractivity contribution in [1.29, 1.82) is 0 Å². The van der Waals surface area contributed by atoms with Gasteiger partial charge in [-0.25, -0.2) is 23.1 Å². The summed E-state index contributed by atoms with van der Waals surface area (Å²) < 4.78 is 29.1. The zero-order valence-corrected chi connectivity index (χ0v) is 16.2. The summed E-state index contributed by atoms with van der Waals surface area (Å²) in [6.07, 6.45) is 5.12. The quantitative estimate of drug-likeness (QED) is 0.674. The molecule has 0 aliphatic heterocycles. The van der Waals surface area contributed by atoms with Crippen molar-refractivity contribution in [3.63, 3.8) is 0 Å². The topological polar surface area (TPSA) is 76.9 Å². The Balaban J connectivity index is 1.70. The van der Waals surface area contributed by atoms with Crippen LogP contribution in [0.4, 0.5) is 0 Å². The molecular formula is C17H16Cl2N4O2S. The Kier molecular flexibility index (Phi) is 5.62. The molecule has 136 valence electrons. The fourth-order valence-electron chi connectivity index (χ4n) is 2.42. The van der Waals surface area contributed by atoms with Crippen LogP contribution in [0.25, 0.3) is 5.82 Å². The van der Waals surface area contributed by atoms with Crippen molar-refractivity contribution in [2.75, 3.05) is 0 Å². The van der Waals surface area contributed by atoms with Crippen molar-refractivity contribution in [3.05, 3.63) is 75.9 Å². The lowest BCUT2D eigenvalue weighted by molar-refractivity contribution is 0.580. The first kappa shape index (κ1) is 18.8. The van der Waals surface area contributed by atoms with Crippen molar-refractivity contribution in [3.8, 4) is 5.82 Å². The summed E-state index contributed by atoms with van der Waals surface area (Å²) in [5.74, 6) is 1.30. The summed E-state index contributed by atoms with van der Waals surface area (Å²) in [4.78, 5) is 8.45. The Morgan fingerprint density at radius 2 is 1.85 bits per heavy atom. The number of imidazole rings is 1. The minimum Gasteiger partial charge on any atom is -0.288 e. The highest BCUT2D eigenvalue weighted by Gasteiger charge is 2.13. The van der Waals surface area contributed by atoms with Crippen LogP contribution in [0, 0.1) is 6.92 Å². The molecule has 9 heteroatoms. The standard InChI is InChI=1S/C17H16Cl2N4O2S/c1-12-20-6-7-23(12)17-9-13(4-5-21-17)10-22-26(24,25)11-14-2-3-15(18)16(19)8-14/h2-9,22H,10-11H2,1H3. The van der Waals surface area contributed by atoms with E-state index < -0.39 is 10.0 Å². The second-order valence-corrected chi connectivity index (χ2v) is 8.32. The van der Waals surface area contributed by atoms with Gasteiger partial charge in [0.15, 0.2) is 0 Å². The fraction of sp³-hybridized carbons (Fsp3) is 0.176. The zero-order valence-electron chi connectivity index (χ0n) is 13.9. The summed E-state index contributed by atoms with van der Waals surface area (Å²) in [6, 6.07) is 8.35. The van der Waals surface area contributed by atoms with E-state index in [4.69, 9.17) is 23.2 Å². The average Bonchev–Trinajstić information content (AvgIpc) is 3.03. The van der Waals surface area contributed by atoms with Crippen LogP contribution in [0.1, 0.15) is 17.0 Å². The molecule has 0 fully saturated rings. The maximum atomic E-state index is 12.3. The predicted octanol–water partition coefficient (Wildman–Crippen LogP) is 3.50. The molecule has 6 nitrogen and oxygen atoms in total. The number of aryl methyl sites for hydroxylation is 1. The first-order valence-electron chi connectivity index (χ1n) is 7.70. The van der Waals surface area contributed by atoms with Gasteiger partial charge < -0.3 is 0 Å². The van der Waals surface area contributed by atoms with Gasteiger partial charge in [-0.1, -0.05) is 29.3 Å². The lowest BCUT2D eigenvalue weighted by Gasteiger charge is -2.09. The Bertz CT molecular complexity index is 1030. The molecule has 1 aromatic carbocycles. The highest BCUT2D eigenvalue weighted by Crippen LogP contribution is 2.23. The molecular weight excluding hydrogens is 395 g/mol. The summed E-state index contributed by atoms with van der Waals surface area (Å²) in [5.41, 5.74) is 1.36. The van der Waals surface area contributed by atoms with Gasteiger partial charge in [0.25, 0.3) is 0 Å². The van der Waals surface area contributed by atoms with Gasteiger partial charge in [0.05, 0.1) is 15.8 Å². The van der Waals surface area contributed by atoms with Crippen LogP contribution in [0.3, 0.4) is 0 Å². The third-order valence-electron chi connectivity index (χ3n) is 3.72. The van der Waals surface area contributed by atoms with Gasteiger partial charge in [0.2, 0.25) is 10.0 Å². The number of pyridine rings is 1. The van der Waals surface area contributed by atoms with Crippen molar-refractivity contribution in [2.45, 2.75) is 19.2 Å². The maximum absolute atomic E-state index is 12.3. The normalized spacial score (nSPS) is 11.7. The van der Waals surface area contributed by atoms with Gasteiger partial charge >= 0.3 is 0 Å². The van der Waals surface area contributed by atoms with Crippen molar-refractivity contribution in [1.82, 2.24) is 19.3 Å². The van der Waals surface area contributed by atoms with E-state index in [1.165, 1.54) is 0 Å². The fourth-order valence-corrected chi connectivity index (χ4v) is 3.84. The molecule has 2 heterocycles. The SMILES string of the molecule is Cc1nccn1-c1cc(CNS(=O)(=O)Cc2ccc(Cl)c(Cl)c2)ccn1. The second kappa shape index (κ2) is 7.75. The molecule has 2 aromatic heterocycles. The molecule has 3 rings (SSSR count). The molecule has 0 saturated heterocycles. The van der Waals surface area contributed by atoms with E-state index in [1.807, 2.05) is 17.6 Å². The Morgan fingerprint density at radius 1 is 1.04 bits per heavy atom. The average molecular weight is 411 g/mol. The van der Waals surface area contributed by atoms with Gasteiger partial charge in [-0.2, -0.15) is 0 Å². The summed E-state index contributed by atoms with van der Waals surface area (Å²) in [6.45, 7) is 2.03. The molecule has 3 aromatic rings. The molecule has 0 bridgehead atoms. The monoisotopic (exact) mass is 410 g/mol. The molecule has 0 aliphatic carbocycles. The van der Waals surface area contributed by atoms with E-state index >= 15 is 0 Å². The van der Waals surface area contributed by atoms with Crippen LogP contribution in [-0.2, 0) is 22.3 Å². The first-order valence-corrected chi connectivity index (χ1v) is 10.1. The number of hydrogen-bond donors (Lipinski definition) is 1. The molecule has 0 aliphatic rings.